The topological polar surface area (TPSA) is 49.4 Å². The number of hydrogen-bond acceptors (Lipinski definition) is 4. The molecule has 0 unspecified atom stereocenters. The van der Waals surface area contributed by atoms with Crippen LogP contribution in [0.5, 0.6) is 0 Å². The second-order valence-corrected chi connectivity index (χ2v) is 11.1. The first-order valence-corrected chi connectivity index (χ1v) is 14.2. The van der Waals surface area contributed by atoms with Crippen LogP contribution in [0.1, 0.15) is 38.0 Å². The molecule has 1 amide bonds. The van der Waals surface area contributed by atoms with Crippen molar-refractivity contribution in [2.75, 3.05) is 4.90 Å². The van der Waals surface area contributed by atoms with E-state index in [1.165, 1.54) is 0 Å². The number of thiophene rings is 1. The van der Waals surface area contributed by atoms with Crippen molar-refractivity contribution in [3.63, 3.8) is 0 Å². The van der Waals surface area contributed by atoms with Gasteiger partial charge in [0, 0.05) is 27.2 Å². The van der Waals surface area contributed by atoms with Crippen LogP contribution in [0.25, 0.3) is 5.57 Å². The molecule has 40 heavy (non-hydrogen) atoms. The fourth-order valence-electron chi connectivity index (χ4n) is 6.10. The van der Waals surface area contributed by atoms with Gasteiger partial charge in [-0.3, -0.25) is 14.9 Å². The predicted octanol–water partition coefficient (Wildman–Crippen LogP) is 7.17. The quantitative estimate of drug-likeness (QED) is 0.233. The van der Waals surface area contributed by atoms with E-state index in [0.29, 0.717) is 17.7 Å². The third-order valence-corrected chi connectivity index (χ3v) is 8.75. The van der Waals surface area contributed by atoms with E-state index < -0.39 is 11.6 Å². The highest BCUT2D eigenvalue weighted by atomic mass is 32.1. The lowest BCUT2D eigenvalue weighted by atomic mass is 9.79. The van der Waals surface area contributed by atoms with Gasteiger partial charge in [0.05, 0.1) is 18.3 Å². The van der Waals surface area contributed by atoms with Gasteiger partial charge in [-0.15, -0.1) is 11.3 Å². The number of rotatable bonds is 6. The molecule has 0 saturated heterocycles. The van der Waals surface area contributed by atoms with Crippen molar-refractivity contribution in [1.82, 2.24) is 5.32 Å². The summed E-state index contributed by atoms with van der Waals surface area (Å²) in [7, 11) is 0. The van der Waals surface area contributed by atoms with Gasteiger partial charge in [0.2, 0.25) is 0 Å². The van der Waals surface area contributed by atoms with Crippen LogP contribution in [0.2, 0.25) is 0 Å². The first kappa shape index (κ1) is 24.5. The van der Waals surface area contributed by atoms with Crippen molar-refractivity contribution in [3.8, 4) is 0 Å². The molecule has 0 fully saturated rings. The van der Waals surface area contributed by atoms with Crippen molar-refractivity contribution in [2.24, 2.45) is 0 Å². The summed E-state index contributed by atoms with van der Waals surface area (Å²) < 4.78 is 0. The zero-order valence-electron chi connectivity index (χ0n) is 21.7. The van der Waals surface area contributed by atoms with E-state index in [9.17, 15) is 9.59 Å². The lowest BCUT2D eigenvalue weighted by Crippen LogP contribution is -2.49. The molecule has 0 saturated carbocycles. The third kappa shape index (κ3) is 3.78. The van der Waals surface area contributed by atoms with E-state index in [2.05, 4.69) is 5.32 Å². The number of carbonyl (C=O) groups excluding carboxylic acids is 2. The van der Waals surface area contributed by atoms with Gasteiger partial charge in [-0.2, -0.15) is 0 Å². The Bertz CT molecular complexity index is 1730. The van der Waals surface area contributed by atoms with Crippen molar-refractivity contribution < 1.29 is 9.59 Å². The molecule has 2 atom stereocenters. The fraction of sp³-hybridized carbons (Fsp3) is 0.0857. The maximum absolute atomic E-state index is 14.9. The van der Waals surface area contributed by atoms with Crippen molar-refractivity contribution in [3.05, 3.63) is 165 Å². The van der Waals surface area contributed by atoms with Crippen LogP contribution in [0.15, 0.2) is 138 Å². The zero-order valence-corrected chi connectivity index (χ0v) is 22.5. The summed E-state index contributed by atoms with van der Waals surface area (Å²) in [4.78, 5) is 32.2. The maximum Gasteiger partial charge on any atom is 0.257 e. The average molecular weight is 539 g/mol. The number of nitrogens with zero attached hydrogens (tertiary/aromatic N) is 1. The van der Waals surface area contributed by atoms with Gasteiger partial charge in [0.1, 0.15) is 0 Å². The normalized spacial score (nSPS) is 19.9. The molecule has 4 nitrogen and oxygen atoms in total. The minimum atomic E-state index is -1.22. The molecular formula is C35H26N2O2S. The molecule has 5 aromatic rings. The minimum absolute atomic E-state index is 0.0750. The van der Waals surface area contributed by atoms with Crippen molar-refractivity contribution in [1.29, 1.82) is 0 Å². The summed E-state index contributed by atoms with van der Waals surface area (Å²) in [6.07, 6.45) is 0. The molecule has 2 aliphatic heterocycles. The van der Waals surface area contributed by atoms with Gasteiger partial charge in [-0.1, -0.05) is 115 Å². The second-order valence-electron chi connectivity index (χ2n) is 10.1. The summed E-state index contributed by atoms with van der Waals surface area (Å²) in [6.45, 7) is 0.438. The van der Waals surface area contributed by atoms with Gasteiger partial charge >= 0.3 is 0 Å². The van der Waals surface area contributed by atoms with Crippen LogP contribution in [0.3, 0.4) is 0 Å². The lowest BCUT2D eigenvalue weighted by Gasteiger charge is -2.29. The van der Waals surface area contributed by atoms with Gasteiger partial charge in [0.15, 0.2) is 11.3 Å². The van der Waals surface area contributed by atoms with E-state index >= 15 is 0 Å². The van der Waals surface area contributed by atoms with E-state index in [1.807, 2.05) is 138 Å². The van der Waals surface area contributed by atoms with Crippen LogP contribution in [-0.2, 0) is 16.9 Å². The lowest BCUT2D eigenvalue weighted by molar-refractivity contribution is -0.122. The minimum Gasteiger partial charge on any atom is -0.305 e. The molecule has 7 rings (SSSR count). The standard InChI is InChI=1S/C35H26N2O2S/c38-33(26-17-8-3-9-18-26)30-31(25-15-6-2-7-16-25)35(36-32(30)29-21-12-22-40-29)27-19-10-11-20-28(27)37(34(35)39)23-24-13-4-1-5-14-24/h1-22,32,36H,23H2/t32-,35-/m1/s1. The maximum atomic E-state index is 14.9. The van der Waals surface area contributed by atoms with E-state index in [1.54, 1.807) is 11.3 Å². The summed E-state index contributed by atoms with van der Waals surface area (Å²) in [5.74, 6) is -0.150. The number of Topliss-reactive ketones (excluding diaryl/α,β-unsaturated/α-hetero) is 1. The molecule has 0 radical (unpaired) electrons. The van der Waals surface area contributed by atoms with Gasteiger partial charge < -0.3 is 4.90 Å². The number of carbonyl (C=O) groups is 2. The Balaban J connectivity index is 1.51. The SMILES string of the molecule is O=C(C1=C(c2ccccc2)[C@@]2(N[C@@H]1c1cccs1)C(=O)N(Cc1ccccc1)c1ccccc12)c1ccccc1. The van der Waals surface area contributed by atoms with Crippen LogP contribution in [-0.4, -0.2) is 11.7 Å². The van der Waals surface area contributed by atoms with Crippen LogP contribution >= 0.6 is 11.3 Å². The molecule has 5 heteroatoms. The Hall–Kier alpha value is -4.58. The summed E-state index contributed by atoms with van der Waals surface area (Å²) in [5, 5.41) is 5.78. The Morgan fingerprint density at radius 3 is 2.12 bits per heavy atom. The number of amides is 1. The highest BCUT2D eigenvalue weighted by Crippen LogP contribution is 2.56. The number of anilines is 1. The molecule has 1 N–H and O–H groups in total. The highest BCUT2D eigenvalue weighted by molar-refractivity contribution is 7.10. The van der Waals surface area contributed by atoms with E-state index in [-0.39, 0.29) is 11.7 Å². The average Bonchev–Trinajstić information content (AvgIpc) is 3.72. The summed E-state index contributed by atoms with van der Waals surface area (Å²) in [5.41, 5.74) is 4.35. The van der Waals surface area contributed by atoms with E-state index in [4.69, 9.17) is 0 Å². The van der Waals surface area contributed by atoms with Crippen molar-refractivity contribution >= 4 is 34.3 Å². The first-order valence-electron chi connectivity index (χ1n) is 13.3. The number of benzene rings is 4. The number of ketones is 1. The van der Waals surface area contributed by atoms with Crippen LogP contribution in [0, 0.1) is 0 Å². The Morgan fingerprint density at radius 1 is 0.775 bits per heavy atom. The largest absolute Gasteiger partial charge is 0.305 e. The Labute approximate surface area is 237 Å². The number of fused-ring (bicyclic) bond motifs is 2. The summed E-state index contributed by atoms with van der Waals surface area (Å²) in [6, 6.07) is 40.8. The molecule has 1 aromatic heterocycles. The molecule has 4 aromatic carbocycles. The van der Waals surface area contributed by atoms with E-state index in [0.717, 1.165) is 32.8 Å². The Morgan fingerprint density at radius 2 is 1.43 bits per heavy atom. The molecule has 194 valence electrons. The van der Waals surface area contributed by atoms with Crippen LogP contribution in [0.4, 0.5) is 5.69 Å². The summed E-state index contributed by atoms with van der Waals surface area (Å²) >= 11 is 1.59. The third-order valence-electron chi connectivity index (χ3n) is 7.81. The molecule has 2 aliphatic rings. The fourth-order valence-corrected chi connectivity index (χ4v) is 6.88. The number of para-hydroxylation sites is 1. The Kier molecular flexibility index (Phi) is 6.03. The molecule has 0 bridgehead atoms. The van der Waals surface area contributed by atoms with Crippen LogP contribution < -0.4 is 10.2 Å². The molecule has 1 spiro atoms. The monoisotopic (exact) mass is 538 g/mol. The molecular weight excluding hydrogens is 512 g/mol. The van der Waals surface area contributed by atoms with Gasteiger partial charge in [-0.05, 0) is 28.6 Å². The predicted molar refractivity (Wildman–Crippen MR) is 160 cm³/mol. The van der Waals surface area contributed by atoms with Gasteiger partial charge in [-0.25, -0.2) is 0 Å². The zero-order chi connectivity index (χ0) is 27.1. The smallest absolute Gasteiger partial charge is 0.257 e. The first-order chi connectivity index (χ1) is 19.7. The highest BCUT2D eigenvalue weighted by Gasteiger charge is 2.60. The molecule has 0 aliphatic carbocycles. The second kappa shape index (κ2) is 9.87. The van der Waals surface area contributed by atoms with Crippen molar-refractivity contribution in [2.45, 2.75) is 18.1 Å². The number of nitrogens with one attached hydrogen (secondary N) is 1. The van der Waals surface area contributed by atoms with Gasteiger partial charge in [0.25, 0.3) is 5.91 Å². The number of hydrogen-bond donors (Lipinski definition) is 1. The molecule has 3 heterocycles.